The molecular formula is C11H16O. The molecule has 12 heavy (non-hydrogen) atoms. The maximum Gasteiger partial charge on any atom is 0.133 e. The Morgan fingerprint density at radius 2 is 2.17 bits per heavy atom. The van der Waals surface area contributed by atoms with Gasteiger partial charge in [-0.1, -0.05) is 6.08 Å². The summed E-state index contributed by atoms with van der Waals surface area (Å²) in [4.78, 5) is 11.2. The second-order valence-corrected chi connectivity index (χ2v) is 4.18. The Bertz CT molecular complexity index is 207. The summed E-state index contributed by atoms with van der Waals surface area (Å²) in [6, 6.07) is 0. The van der Waals surface area contributed by atoms with Crippen molar-refractivity contribution in [3.63, 3.8) is 0 Å². The fourth-order valence-corrected chi connectivity index (χ4v) is 2.86. The lowest BCUT2D eigenvalue weighted by atomic mass is 9.77. The van der Waals surface area contributed by atoms with Crippen LogP contribution in [0.4, 0.5) is 0 Å². The summed E-state index contributed by atoms with van der Waals surface area (Å²) in [6.45, 7) is 3.85. The molecule has 0 spiro atoms. The molecule has 1 nitrogen and oxygen atoms in total. The van der Waals surface area contributed by atoms with E-state index in [1.807, 2.05) is 0 Å². The topological polar surface area (TPSA) is 17.1 Å². The van der Waals surface area contributed by atoms with Crippen molar-refractivity contribution in [2.24, 2.45) is 17.8 Å². The Morgan fingerprint density at radius 1 is 1.33 bits per heavy atom. The summed E-state index contributed by atoms with van der Waals surface area (Å²) < 4.78 is 0. The smallest absolute Gasteiger partial charge is 0.133 e. The quantitative estimate of drug-likeness (QED) is 0.544. The van der Waals surface area contributed by atoms with Crippen LogP contribution in [0.1, 0.15) is 32.1 Å². The van der Waals surface area contributed by atoms with E-state index in [4.69, 9.17) is 0 Å². The van der Waals surface area contributed by atoms with Gasteiger partial charge in [-0.25, -0.2) is 0 Å². The summed E-state index contributed by atoms with van der Waals surface area (Å²) in [7, 11) is 0. The van der Waals surface area contributed by atoms with Crippen LogP contribution in [0.15, 0.2) is 12.7 Å². The number of Topliss-reactive ketones (excluding diaryl/α,β-unsaturated/α-hetero) is 1. The van der Waals surface area contributed by atoms with E-state index in [0.717, 1.165) is 25.2 Å². The van der Waals surface area contributed by atoms with E-state index in [-0.39, 0.29) is 0 Å². The van der Waals surface area contributed by atoms with Crippen molar-refractivity contribution in [1.29, 1.82) is 0 Å². The molecule has 0 N–H and O–H groups in total. The zero-order chi connectivity index (χ0) is 8.55. The lowest BCUT2D eigenvalue weighted by Crippen LogP contribution is -2.23. The first kappa shape index (κ1) is 8.03. The van der Waals surface area contributed by atoms with Crippen molar-refractivity contribution in [1.82, 2.24) is 0 Å². The fourth-order valence-electron chi connectivity index (χ4n) is 2.86. The second kappa shape index (κ2) is 3.04. The van der Waals surface area contributed by atoms with Crippen molar-refractivity contribution in [2.75, 3.05) is 0 Å². The van der Waals surface area contributed by atoms with Gasteiger partial charge >= 0.3 is 0 Å². The van der Waals surface area contributed by atoms with Gasteiger partial charge in [0.2, 0.25) is 0 Å². The molecule has 0 aliphatic heterocycles. The molecule has 0 amide bonds. The predicted molar refractivity (Wildman–Crippen MR) is 48.8 cm³/mol. The van der Waals surface area contributed by atoms with E-state index in [9.17, 15) is 4.79 Å². The number of rotatable bonds is 1. The minimum Gasteiger partial charge on any atom is -0.300 e. The van der Waals surface area contributed by atoms with Crippen LogP contribution in [0.2, 0.25) is 0 Å². The molecule has 0 heterocycles. The highest BCUT2D eigenvalue weighted by Crippen LogP contribution is 2.45. The molecular weight excluding hydrogens is 148 g/mol. The SMILES string of the molecule is C=CC1CC[C@@H]2CCC(=O)C[C@H]12. The van der Waals surface area contributed by atoms with Gasteiger partial charge < -0.3 is 0 Å². The van der Waals surface area contributed by atoms with E-state index < -0.39 is 0 Å². The summed E-state index contributed by atoms with van der Waals surface area (Å²) in [5, 5.41) is 0. The Balaban J connectivity index is 2.09. The van der Waals surface area contributed by atoms with Gasteiger partial charge in [-0.3, -0.25) is 4.79 Å². The van der Waals surface area contributed by atoms with Crippen molar-refractivity contribution in [2.45, 2.75) is 32.1 Å². The van der Waals surface area contributed by atoms with Crippen molar-refractivity contribution in [3.8, 4) is 0 Å². The molecule has 0 saturated heterocycles. The average Bonchev–Trinajstić information content (AvgIpc) is 2.46. The summed E-state index contributed by atoms with van der Waals surface area (Å²) in [6.07, 6.45) is 7.48. The van der Waals surface area contributed by atoms with Gasteiger partial charge in [0, 0.05) is 12.8 Å². The number of fused-ring (bicyclic) bond motifs is 1. The molecule has 3 atom stereocenters. The van der Waals surface area contributed by atoms with Crippen LogP contribution >= 0.6 is 0 Å². The molecule has 2 aliphatic rings. The van der Waals surface area contributed by atoms with Crippen LogP contribution in [0.25, 0.3) is 0 Å². The minimum absolute atomic E-state index is 0.477. The zero-order valence-electron chi connectivity index (χ0n) is 7.46. The van der Waals surface area contributed by atoms with E-state index in [2.05, 4.69) is 12.7 Å². The largest absolute Gasteiger partial charge is 0.300 e. The molecule has 66 valence electrons. The Hall–Kier alpha value is -0.590. The molecule has 1 unspecified atom stereocenters. The highest BCUT2D eigenvalue weighted by atomic mass is 16.1. The number of hydrogen-bond acceptors (Lipinski definition) is 1. The van der Waals surface area contributed by atoms with E-state index >= 15 is 0 Å². The van der Waals surface area contributed by atoms with Gasteiger partial charge in [0.25, 0.3) is 0 Å². The van der Waals surface area contributed by atoms with Gasteiger partial charge in [-0.15, -0.1) is 6.58 Å². The number of carbonyl (C=O) groups excluding carboxylic acids is 1. The second-order valence-electron chi connectivity index (χ2n) is 4.18. The van der Waals surface area contributed by atoms with Crippen LogP contribution in [-0.2, 0) is 4.79 Å². The molecule has 0 aromatic heterocycles. The monoisotopic (exact) mass is 164 g/mol. The molecule has 0 radical (unpaired) electrons. The van der Waals surface area contributed by atoms with Gasteiger partial charge in [0.1, 0.15) is 5.78 Å². The lowest BCUT2D eigenvalue weighted by molar-refractivity contribution is -0.122. The van der Waals surface area contributed by atoms with Crippen LogP contribution in [0.5, 0.6) is 0 Å². The third kappa shape index (κ3) is 1.21. The average molecular weight is 164 g/mol. The molecule has 1 heteroatoms. The van der Waals surface area contributed by atoms with Gasteiger partial charge in [0.15, 0.2) is 0 Å². The summed E-state index contributed by atoms with van der Waals surface area (Å²) in [5.74, 6) is 2.61. The minimum atomic E-state index is 0.477. The van der Waals surface area contributed by atoms with Gasteiger partial charge in [-0.05, 0) is 37.0 Å². The van der Waals surface area contributed by atoms with Gasteiger partial charge in [-0.2, -0.15) is 0 Å². The van der Waals surface area contributed by atoms with Crippen molar-refractivity contribution in [3.05, 3.63) is 12.7 Å². The Kier molecular flexibility index (Phi) is 2.03. The zero-order valence-corrected chi connectivity index (χ0v) is 7.46. The molecule has 0 aromatic carbocycles. The van der Waals surface area contributed by atoms with Crippen LogP contribution in [-0.4, -0.2) is 5.78 Å². The first-order valence-corrected chi connectivity index (χ1v) is 4.95. The summed E-state index contributed by atoms with van der Waals surface area (Å²) >= 11 is 0. The Labute approximate surface area is 73.8 Å². The standard InChI is InChI=1S/C11H16O/c1-2-8-3-4-9-5-6-10(12)7-11(8)9/h2,8-9,11H,1,3-7H2/t8?,9-,11-/m1/s1. The number of hydrogen-bond donors (Lipinski definition) is 0. The molecule has 2 saturated carbocycles. The van der Waals surface area contributed by atoms with E-state index in [1.165, 1.54) is 12.8 Å². The van der Waals surface area contributed by atoms with Gasteiger partial charge in [0.05, 0.1) is 0 Å². The highest BCUT2D eigenvalue weighted by Gasteiger charge is 2.38. The molecule has 2 fully saturated rings. The van der Waals surface area contributed by atoms with Crippen LogP contribution in [0.3, 0.4) is 0 Å². The maximum atomic E-state index is 11.2. The third-order valence-corrected chi connectivity index (χ3v) is 3.59. The Morgan fingerprint density at radius 3 is 2.92 bits per heavy atom. The lowest BCUT2D eigenvalue weighted by Gasteiger charge is -2.26. The van der Waals surface area contributed by atoms with Crippen LogP contribution in [0, 0.1) is 17.8 Å². The number of ketones is 1. The normalized spacial score (nSPS) is 41.0. The molecule has 0 aromatic rings. The molecule has 2 rings (SSSR count). The first-order valence-electron chi connectivity index (χ1n) is 4.95. The van der Waals surface area contributed by atoms with E-state index in [1.54, 1.807) is 0 Å². The molecule has 0 bridgehead atoms. The first-order chi connectivity index (χ1) is 5.81. The summed E-state index contributed by atoms with van der Waals surface area (Å²) in [5.41, 5.74) is 0. The maximum absolute atomic E-state index is 11.2. The highest BCUT2D eigenvalue weighted by molar-refractivity contribution is 5.79. The van der Waals surface area contributed by atoms with Crippen molar-refractivity contribution < 1.29 is 4.79 Å². The third-order valence-electron chi connectivity index (χ3n) is 3.59. The number of carbonyl (C=O) groups is 1. The van der Waals surface area contributed by atoms with Crippen molar-refractivity contribution >= 4 is 5.78 Å². The predicted octanol–water partition coefficient (Wildman–Crippen LogP) is 2.57. The van der Waals surface area contributed by atoms with Crippen LogP contribution < -0.4 is 0 Å². The molecule has 2 aliphatic carbocycles. The fraction of sp³-hybridized carbons (Fsp3) is 0.727. The number of allylic oxidation sites excluding steroid dienone is 1. The van der Waals surface area contributed by atoms with E-state index in [0.29, 0.717) is 17.6 Å².